The third-order valence-corrected chi connectivity index (χ3v) is 8.77. The van der Waals surface area contributed by atoms with E-state index in [-0.39, 0.29) is 22.7 Å². The van der Waals surface area contributed by atoms with Gasteiger partial charge in [0.05, 0.1) is 21.4 Å². The Morgan fingerprint density at radius 1 is 0.933 bits per heavy atom. The Balaban J connectivity index is 1.20. The minimum Gasteiger partial charge on any atom is -0.506 e. The van der Waals surface area contributed by atoms with Crippen LogP contribution >= 0.6 is 35.0 Å². The third-order valence-electron chi connectivity index (χ3n) is 7.02. The van der Waals surface area contributed by atoms with Gasteiger partial charge in [0.25, 0.3) is 0 Å². The monoisotopic (exact) mass is 657 g/mol. The standard InChI is InChI=1S/C33H29Cl2N7O2S/c1-33(2,3)28-17-30(42(40-28)21-12-14-25(35)26(43)16-21)37-32(44)36-18-20-8-4-7-11-27(20)45-22-13-15-29-38-39-31(41(29)19-22)23-9-5-6-10-24(23)34/h4-17,19,43H,18H2,1-3H3,(H2,36,37,44). The fraction of sp³-hybridized carbons (Fsp3) is 0.152. The summed E-state index contributed by atoms with van der Waals surface area (Å²) >= 11 is 14.0. The molecule has 0 atom stereocenters. The number of amides is 2. The number of carbonyl (C=O) groups excluding carboxylic acids is 1. The van der Waals surface area contributed by atoms with E-state index in [2.05, 4.69) is 20.8 Å². The molecule has 6 rings (SSSR count). The molecule has 3 heterocycles. The minimum absolute atomic E-state index is 0.0741. The Morgan fingerprint density at radius 3 is 2.49 bits per heavy atom. The number of urea groups is 1. The highest BCUT2D eigenvalue weighted by molar-refractivity contribution is 7.99. The summed E-state index contributed by atoms with van der Waals surface area (Å²) < 4.78 is 3.51. The number of hydrogen-bond donors (Lipinski definition) is 3. The third kappa shape index (κ3) is 6.63. The maximum Gasteiger partial charge on any atom is 0.320 e. The van der Waals surface area contributed by atoms with Gasteiger partial charge in [0.1, 0.15) is 11.6 Å². The number of phenolic OH excluding ortho intramolecular Hbond substituents is 1. The second kappa shape index (κ2) is 12.5. The molecule has 0 aliphatic heterocycles. The average Bonchev–Trinajstić information content (AvgIpc) is 3.63. The van der Waals surface area contributed by atoms with Crippen LogP contribution in [0.4, 0.5) is 10.6 Å². The van der Waals surface area contributed by atoms with E-state index in [1.54, 1.807) is 28.6 Å². The number of pyridine rings is 1. The van der Waals surface area contributed by atoms with Crippen molar-refractivity contribution in [2.45, 2.75) is 42.5 Å². The lowest BCUT2D eigenvalue weighted by Gasteiger charge is -2.14. The van der Waals surface area contributed by atoms with Crippen LogP contribution in [0.25, 0.3) is 22.7 Å². The van der Waals surface area contributed by atoms with E-state index in [0.29, 0.717) is 28.0 Å². The predicted octanol–water partition coefficient (Wildman–Crippen LogP) is 8.36. The fourth-order valence-corrected chi connectivity index (χ4v) is 5.94. The molecule has 228 valence electrons. The molecule has 3 N–H and O–H groups in total. The Hall–Kier alpha value is -4.51. The fourth-order valence-electron chi connectivity index (χ4n) is 4.64. The number of phenols is 1. The number of nitrogens with one attached hydrogen (secondary N) is 2. The molecule has 0 bridgehead atoms. The van der Waals surface area contributed by atoms with Crippen LogP contribution in [0.15, 0.2) is 101 Å². The van der Waals surface area contributed by atoms with Gasteiger partial charge >= 0.3 is 6.03 Å². The van der Waals surface area contributed by atoms with Crippen LogP contribution in [-0.2, 0) is 12.0 Å². The van der Waals surface area contributed by atoms with E-state index in [9.17, 15) is 9.90 Å². The molecule has 3 aromatic carbocycles. The molecule has 45 heavy (non-hydrogen) atoms. The Morgan fingerprint density at radius 2 is 1.71 bits per heavy atom. The van der Waals surface area contributed by atoms with E-state index in [4.69, 9.17) is 28.3 Å². The largest absolute Gasteiger partial charge is 0.506 e. The number of nitrogens with zero attached hydrogens (tertiary/aromatic N) is 5. The molecule has 0 unspecified atom stereocenters. The first-order valence-corrected chi connectivity index (χ1v) is 15.6. The van der Waals surface area contributed by atoms with Crippen molar-refractivity contribution in [3.8, 4) is 22.8 Å². The van der Waals surface area contributed by atoms with Gasteiger partial charge in [-0.3, -0.25) is 9.72 Å². The van der Waals surface area contributed by atoms with Gasteiger partial charge in [-0.1, -0.05) is 86.1 Å². The number of anilines is 1. The second-order valence-corrected chi connectivity index (χ2v) is 13.3. The maximum atomic E-state index is 13.2. The molecule has 6 aromatic rings. The normalized spacial score (nSPS) is 11.6. The van der Waals surface area contributed by atoms with Crippen LogP contribution in [0, 0.1) is 0 Å². The van der Waals surface area contributed by atoms with Crippen molar-refractivity contribution in [3.05, 3.63) is 112 Å². The molecular formula is C33H29Cl2N7O2S. The SMILES string of the molecule is CC(C)(C)c1cc(NC(=O)NCc2ccccc2Sc2ccc3nnc(-c4ccccc4Cl)n3c2)n(-c2ccc(Cl)c(O)c2)n1. The first kappa shape index (κ1) is 30.5. The van der Waals surface area contributed by atoms with Gasteiger partial charge in [-0.2, -0.15) is 5.10 Å². The summed E-state index contributed by atoms with van der Waals surface area (Å²) in [5, 5.41) is 30.3. The number of rotatable bonds is 7. The van der Waals surface area contributed by atoms with Crippen molar-refractivity contribution in [3.63, 3.8) is 0 Å². The van der Waals surface area contributed by atoms with Gasteiger partial charge < -0.3 is 10.4 Å². The lowest BCUT2D eigenvalue weighted by molar-refractivity contribution is 0.251. The zero-order valence-corrected chi connectivity index (χ0v) is 27.0. The summed E-state index contributed by atoms with van der Waals surface area (Å²) in [6.45, 7) is 6.40. The van der Waals surface area contributed by atoms with Crippen molar-refractivity contribution >= 4 is 52.5 Å². The molecule has 0 saturated carbocycles. The first-order chi connectivity index (χ1) is 21.6. The van der Waals surface area contributed by atoms with Crippen LogP contribution in [0.2, 0.25) is 10.0 Å². The number of hydrogen-bond acceptors (Lipinski definition) is 6. The summed E-state index contributed by atoms with van der Waals surface area (Å²) in [7, 11) is 0. The zero-order chi connectivity index (χ0) is 31.7. The van der Waals surface area contributed by atoms with Gasteiger partial charge in [-0.05, 0) is 48.0 Å². The van der Waals surface area contributed by atoms with E-state index < -0.39 is 6.03 Å². The van der Waals surface area contributed by atoms with E-state index in [1.165, 1.54) is 6.07 Å². The summed E-state index contributed by atoms with van der Waals surface area (Å²) in [4.78, 5) is 15.1. The predicted molar refractivity (Wildman–Crippen MR) is 179 cm³/mol. The molecule has 0 aliphatic rings. The van der Waals surface area contributed by atoms with Gasteiger partial charge in [-0.25, -0.2) is 9.48 Å². The van der Waals surface area contributed by atoms with E-state index >= 15 is 0 Å². The number of fused-ring (bicyclic) bond motifs is 1. The highest BCUT2D eigenvalue weighted by Crippen LogP contribution is 2.33. The molecule has 0 aliphatic carbocycles. The van der Waals surface area contributed by atoms with Crippen LogP contribution in [0.5, 0.6) is 5.75 Å². The molecule has 9 nitrogen and oxygen atoms in total. The van der Waals surface area contributed by atoms with E-state index in [1.807, 2.05) is 98.1 Å². The molecule has 3 aromatic heterocycles. The molecule has 0 spiro atoms. The lowest BCUT2D eigenvalue weighted by atomic mass is 9.92. The highest BCUT2D eigenvalue weighted by atomic mass is 35.5. The minimum atomic E-state index is -0.398. The molecule has 12 heteroatoms. The summed E-state index contributed by atoms with van der Waals surface area (Å²) in [5.74, 6) is 1.04. The average molecular weight is 659 g/mol. The molecule has 0 fully saturated rings. The summed E-state index contributed by atoms with van der Waals surface area (Å²) in [6.07, 6.45) is 1.98. The number of halogens is 2. The van der Waals surface area contributed by atoms with Crippen molar-refractivity contribution in [1.29, 1.82) is 0 Å². The molecular weight excluding hydrogens is 629 g/mol. The Kier molecular flexibility index (Phi) is 8.46. The topological polar surface area (TPSA) is 109 Å². The lowest BCUT2D eigenvalue weighted by Crippen LogP contribution is -2.29. The van der Waals surface area contributed by atoms with Crippen molar-refractivity contribution in [1.82, 2.24) is 29.7 Å². The quantitative estimate of drug-likeness (QED) is 0.159. The van der Waals surface area contributed by atoms with Crippen molar-refractivity contribution in [2.24, 2.45) is 0 Å². The summed E-state index contributed by atoms with van der Waals surface area (Å²) in [5.41, 5.74) is 3.52. The maximum absolute atomic E-state index is 13.2. The number of carbonyl (C=O) groups is 1. The zero-order valence-electron chi connectivity index (χ0n) is 24.6. The van der Waals surface area contributed by atoms with Crippen LogP contribution in [0.1, 0.15) is 32.0 Å². The van der Waals surface area contributed by atoms with Gasteiger partial charge in [0, 0.05) is 45.6 Å². The van der Waals surface area contributed by atoms with Crippen molar-refractivity contribution < 1.29 is 9.90 Å². The van der Waals surface area contributed by atoms with Crippen LogP contribution in [-0.4, -0.2) is 35.5 Å². The molecule has 2 amide bonds. The number of aromatic nitrogens is 5. The van der Waals surface area contributed by atoms with Gasteiger partial charge in [0.15, 0.2) is 11.5 Å². The number of benzene rings is 3. The second-order valence-electron chi connectivity index (χ2n) is 11.3. The smallest absolute Gasteiger partial charge is 0.320 e. The number of aromatic hydroxyl groups is 1. The Bertz CT molecular complexity index is 2030. The van der Waals surface area contributed by atoms with Gasteiger partial charge in [-0.15, -0.1) is 10.2 Å². The highest BCUT2D eigenvalue weighted by Gasteiger charge is 2.22. The molecule has 0 radical (unpaired) electrons. The molecule has 0 saturated heterocycles. The van der Waals surface area contributed by atoms with Crippen LogP contribution < -0.4 is 10.6 Å². The van der Waals surface area contributed by atoms with Gasteiger partial charge in [0.2, 0.25) is 0 Å². The van der Waals surface area contributed by atoms with E-state index in [0.717, 1.165) is 26.6 Å². The summed E-state index contributed by atoms with van der Waals surface area (Å²) in [6, 6.07) is 25.6. The Labute approximate surface area is 274 Å². The first-order valence-electron chi connectivity index (χ1n) is 14.1. The van der Waals surface area contributed by atoms with Crippen LogP contribution in [0.3, 0.4) is 0 Å². The van der Waals surface area contributed by atoms with Crippen molar-refractivity contribution in [2.75, 3.05) is 5.32 Å².